The fourth-order valence-electron chi connectivity index (χ4n) is 3.07. The van der Waals surface area contributed by atoms with E-state index in [0.29, 0.717) is 6.54 Å². The van der Waals surface area contributed by atoms with Gasteiger partial charge < -0.3 is 10.0 Å². The zero-order valence-corrected chi connectivity index (χ0v) is 13.0. The maximum Gasteiger partial charge on any atom is 0.244 e. The Kier molecular flexibility index (Phi) is 5.76. The van der Waals surface area contributed by atoms with Crippen LogP contribution >= 0.6 is 0 Å². The Labute approximate surface area is 127 Å². The van der Waals surface area contributed by atoms with Crippen molar-refractivity contribution in [2.24, 2.45) is 0 Å². The number of benzene rings is 1. The highest BCUT2D eigenvalue weighted by Gasteiger charge is 2.33. The zero-order valence-electron chi connectivity index (χ0n) is 13.0. The van der Waals surface area contributed by atoms with E-state index in [4.69, 9.17) is 0 Å². The van der Waals surface area contributed by atoms with Crippen LogP contribution in [0.25, 0.3) is 0 Å². The van der Waals surface area contributed by atoms with E-state index in [1.807, 2.05) is 49.1 Å². The Morgan fingerprint density at radius 3 is 2.57 bits per heavy atom. The van der Waals surface area contributed by atoms with Gasteiger partial charge >= 0.3 is 0 Å². The number of β-amino-alcohol motifs (C(OH)–C–C–N with tert-alkyl or cyclic N) is 1. The van der Waals surface area contributed by atoms with Gasteiger partial charge in [0, 0.05) is 19.6 Å². The van der Waals surface area contributed by atoms with Crippen molar-refractivity contribution in [3.8, 4) is 0 Å². The Morgan fingerprint density at radius 1 is 1.33 bits per heavy atom. The summed E-state index contributed by atoms with van der Waals surface area (Å²) in [7, 11) is 0. The van der Waals surface area contributed by atoms with Crippen LogP contribution in [0.4, 0.5) is 0 Å². The highest BCUT2D eigenvalue weighted by atomic mass is 16.3. The SMILES string of the molecule is CCN(CC)C(=O)C(c1ccccc1)N1CCCC(O)C1. The van der Waals surface area contributed by atoms with Crippen LogP contribution < -0.4 is 0 Å². The van der Waals surface area contributed by atoms with Crippen LogP contribution in [0.2, 0.25) is 0 Å². The van der Waals surface area contributed by atoms with E-state index in [2.05, 4.69) is 4.90 Å². The maximum absolute atomic E-state index is 12.9. The number of amides is 1. The van der Waals surface area contributed by atoms with Gasteiger partial charge in [-0.15, -0.1) is 0 Å². The topological polar surface area (TPSA) is 43.8 Å². The third kappa shape index (κ3) is 3.83. The minimum atomic E-state index is -0.325. The van der Waals surface area contributed by atoms with Crippen molar-refractivity contribution in [1.82, 2.24) is 9.80 Å². The van der Waals surface area contributed by atoms with Crippen molar-refractivity contribution in [1.29, 1.82) is 0 Å². The predicted octanol–water partition coefficient (Wildman–Crippen LogP) is 2.05. The smallest absolute Gasteiger partial charge is 0.244 e. The molecule has 2 unspecified atom stereocenters. The Hall–Kier alpha value is -1.39. The number of hydrogen-bond acceptors (Lipinski definition) is 3. The average molecular weight is 290 g/mol. The van der Waals surface area contributed by atoms with E-state index in [1.165, 1.54) is 0 Å². The molecule has 4 heteroatoms. The number of hydrogen-bond donors (Lipinski definition) is 1. The van der Waals surface area contributed by atoms with Gasteiger partial charge in [-0.3, -0.25) is 9.69 Å². The minimum absolute atomic E-state index is 0.139. The molecule has 2 rings (SSSR count). The highest BCUT2D eigenvalue weighted by Crippen LogP contribution is 2.26. The van der Waals surface area contributed by atoms with Crippen molar-refractivity contribution in [2.45, 2.75) is 38.8 Å². The molecule has 0 spiro atoms. The summed E-state index contributed by atoms with van der Waals surface area (Å²) in [4.78, 5) is 16.9. The monoisotopic (exact) mass is 290 g/mol. The molecule has 4 nitrogen and oxygen atoms in total. The lowest BCUT2D eigenvalue weighted by Crippen LogP contribution is -2.47. The van der Waals surface area contributed by atoms with Gasteiger partial charge in [0.15, 0.2) is 0 Å². The molecule has 0 aliphatic carbocycles. The molecule has 1 saturated heterocycles. The maximum atomic E-state index is 12.9. The standard InChI is InChI=1S/C17H26N2O2/c1-3-18(4-2)17(21)16(14-9-6-5-7-10-14)19-12-8-11-15(20)13-19/h5-7,9-10,15-16,20H,3-4,8,11-13H2,1-2H3. The van der Waals surface area contributed by atoms with Crippen LogP contribution in [-0.2, 0) is 4.79 Å². The van der Waals surface area contributed by atoms with E-state index >= 15 is 0 Å². The first-order valence-corrected chi connectivity index (χ1v) is 7.93. The summed E-state index contributed by atoms with van der Waals surface area (Å²) in [6.45, 7) is 6.89. The van der Waals surface area contributed by atoms with Crippen molar-refractivity contribution in [3.05, 3.63) is 35.9 Å². The summed E-state index contributed by atoms with van der Waals surface area (Å²) in [6, 6.07) is 9.64. The van der Waals surface area contributed by atoms with Crippen LogP contribution in [0.3, 0.4) is 0 Å². The number of aliphatic hydroxyl groups excluding tert-OH is 1. The van der Waals surface area contributed by atoms with Crippen LogP contribution in [0.1, 0.15) is 38.3 Å². The molecule has 1 aliphatic rings. The third-order valence-corrected chi connectivity index (χ3v) is 4.22. The first-order chi connectivity index (χ1) is 10.2. The number of nitrogens with zero attached hydrogens (tertiary/aromatic N) is 2. The quantitative estimate of drug-likeness (QED) is 0.902. The molecule has 0 radical (unpaired) electrons. The van der Waals surface area contributed by atoms with Crippen LogP contribution in [0, 0.1) is 0 Å². The van der Waals surface area contributed by atoms with E-state index in [0.717, 1.165) is 38.0 Å². The third-order valence-electron chi connectivity index (χ3n) is 4.22. The van der Waals surface area contributed by atoms with Crippen LogP contribution in [-0.4, -0.2) is 53.1 Å². The van der Waals surface area contributed by atoms with Crippen LogP contribution in [0.15, 0.2) is 30.3 Å². The van der Waals surface area contributed by atoms with Crippen molar-refractivity contribution >= 4 is 5.91 Å². The molecule has 1 aromatic carbocycles. The lowest BCUT2D eigenvalue weighted by molar-refractivity contribution is -0.138. The molecule has 1 aliphatic heterocycles. The second-order valence-corrected chi connectivity index (χ2v) is 5.61. The highest BCUT2D eigenvalue weighted by molar-refractivity contribution is 5.83. The first kappa shape index (κ1) is 16.0. The number of carbonyl (C=O) groups excluding carboxylic acids is 1. The van der Waals surface area contributed by atoms with E-state index in [1.54, 1.807) is 0 Å². The summed E-state index contributed by atoms with van der Waals surface area (Å²) in [5, 5.41) is 9.94. The van der Waals surface area contributed by atoms with Gasteiger partial charge in [0.2, 0.25) is 5.91 Å². The van der Waals surface area contributed by atoms with E-state index in [9.17, 15) is 9.90 Å². The fourth-order valence-corrected chi connectivity index (χ4v) is 3.07. The molecule has 1 N–H and O–H groups in total. The summed E-state index contributed by atoms with van der Waals surface area (Å²) in [5.41, 5.74) is 1.02. The Balaban J connectivity index is 2.28. The molecule has 116 valence electrons. The number of likely N-dealkylation sites (N-methyl/N-ethyl adjacent to an activating group) is 1. The predicted molar refractivity (Wildman–Crippen MR) is 83.9 cm³/mol. The van der Waals surface area contributed by atoms with Crippen molar-refractivity contribution in [3.63, 3.8) is 0 Å². The number of carbonyl (C=O) groups is 1. The van der Waals surface area contributed by atoms with Crippen LogP contribution in [0.5, 0.6) is 0 Å². The number of likely N-dealkylation sites (tertiary alicyclic amines) is 1. The molecule has 21 heavy (non-hydrogen) atoms. The molecule has 0 saturated carbocycles. The van der Waals surface area contributed by atoms with E-state index in [-0.39, 0.29) is 18.1 Å². The molecule has 1 fully saturated rings. The number of piperidine rings is 1. The lowest BCUT2D eigenvalue weighted by Gasteiger charge is -2.38. The zero-order chi connectivity index (χ0) is 15.2. The summed E-state index contributed by atoms with van der Waals surface area (Å²) < 4.78 is 0. The Bertz CT molecular complexity index is 445. The molecule has 2 atom stereocenters. The number of rotatable bonds is 5. The second kappa shape index (κ2) is 7.57. The van der Waals surface area contributed by atoms with Crippen molar-refractivity contribution < 1.29 is 9.90 Å². The largest absolute Gasteiger partial charge is 0.392 e. The van der Waals surface area contributed by atoms with Gasteiger partial charge in [-0.2, -0.15) is 0 Å². The molecular formula is C17H26N2O2. The number of aliphatic hydroxyl groups is 1. The van der Waals surface area contributed by atoms with Gasteiger partial charge in [-0.05, 0) is 38.8 Å². The van der Waals surface area contributed by atoms with Crippen molar-refractivity contribution in [2.75, 3.05) is 26.2 Å². The minimum Gasteiger partial charge on any atom is -0.392 e. The molecular weight excluding hydrogens is 264 g/mol. The van der Waals surface area contributed by atoms with E-state index < -0.39 is 0 Å². The normalized spacial score (nSPS) is 21.0. The van der Waals surface area contributed by atoms with Gasteiger partial charge in [-0.1, -0.05) is 30.3 Å². The first-order valence-electron chi connectivity index (χ1n) is 7.93. The molecule has 1 amide bonds. The average Bonchev–Trinajstić information content (AvgIpc) is 2.50. The second-order valence-electron chi connectivity index (χ2n) is 5.61. The molecule has 1 aromatic rings. The van der Waals surface area contributed by atoms with Gasteiger partial charge in [0.1, 0.15) is 6.04 Å². The fraction of sp³-hybridized carbons (Fsp3) is 0.588. The van der Waals surface area contributed by atoms with Gasteiger partial charge in [0.25, 0.3) is 0 Å². The molecule has 0 bridgehead atoms. The Morgan fingerprint density at radius 2 is 2.00 bits per heavy atom. The summed E-state index contributed by atoms with van der Waals surface area (Å²) in [5.74, 6) is 0.139. The molecule has 0 aromatic heterocycles. The summed E-state index contributed by atoms with van der Waals surface area (Å²) >= 11 is 0. The van der Waals surface area contributed by atoms with Gasteiger partial charge in [0.05, 0.1) is 6.10 Å². The molecule has 1 heterocycles. The van der Waals surface area contributed by atoms with Gasteiger partial charge in [-0.25, -0.2) is 0 Å². The lowest BCUT2D eigenvalue weighted by atomic mass is 9.99. The summed E-state index contributed by atoms with van der Waals surface area (Å²) in [6.07, 6.45) is 1.45.